The average molecular weight is 265 g/mol. The highest BCUT2D eigenvalue weighted by Gasteiger charge is 2.27. The van der Waals surface area contributed by atoms with Crippen molar-refractivity contribution in [3.8, 4) is 0 Å². The summed E-state index contributed by atoms with van der Waals surface area (Å²) in [5.41, 5.74) is 0. The lowest BCUT2D eigenvalue weighted by Gasteiger charge is -2.22. The fourth-order valence-electron chi connectivity index (χ4n) is 2.01. The van der Waals surface area contributed by atoms with Gasteiger partial charge in [0.05, 0.1) is 12.6 Å². The lowest BCUT2D eigenvalue weighted by molar-refractivity contribution is -0.124. The highest BCUT2D eigenvalue weighted by atomic mass is 16.2. The normalized spacial score (nSPS) is 18.5. The maximum atomic E-state index is 11.4. The number of urea groups is 1. The second kappa shape index (κ2) is 5.83. The fourth-order valence-corrected chi connectivity index (χ4v) is 2.01. The molecule has 1 aromatic heterocycles. The predicted octanol–water partition coefficient (Wildman–Crippen LogP) is -0.0260. The number of hydrogen-bond acceptors (Lipinski definition) is 4. The fraction of sp³-hybridized carbons (Fsp3) is 0.583. The molecule has 2 rings (SSSR count). The molecule has 1 fully saturated rings. The van der Waals surface area contributed by atoms with E-state index < -0.39 is 0 Å². The lowest BCUT2D eigenvalue weighted by Crippen LogP contribution is -2.41. The van der Waals surface area contributed by atoms with Crippen molar-refractivity contribution in [3.05, 3.63) is 18.5 Å². The number of carbonyl (C=O) groups excluding carboxylic acids is 2. The molecule has 2 N–H and O–H groups in total. The van der Waals surface area contributed by atoms with Crippen LogP contribution in [-0.2, 0) is 4.79 Å². The molecule has 7 nitrogen and oxygen atoms in total. The summed E-state index contributed by atoms with van der Waals surface area (Å²) in [6, 6.07) is 1.98. The van der Waals surface area contributed by atoms with E-state index in [1.54, 1.807) is 6.20 Å². The Morgan fingerprint density at radius 1 is 1.47 bits per heavy atom. The van der Waals surface area contributed by atoms with E-state index in [4.69, 9.17) is 0 Å². The summed E-state index contributed by atoms with van der Waals surface area (Å²) in [5.74, 6) is -0.167. The summed E-state index contributed by atoms with van der Waals surface area (Å²) in [6.07, 6.45) is 3.66. The summed E-state index contributed by atoms with van der Waals surface area (Å²) < 4.78 is 1.88. The van der Waals surface area contributed by atoms with Crippen molar-refractivity contribution >= 4 is 11.9 Å². The third kappa shape index (κ3) is 3.11. The van der Waals surface area contributed by atoms with Crippen LogP contribution in [0, 0.1) is 0 Å². The van der Waals surface area contributed by atoms with Crippen molar-refractivity contribution in [2.24, 2.45) is 0 Å². The van der Waals surface area contributed by atoms with E-state index in [-0.39, 0.29) is 30.6 Å². The second-order valence-corrected chi connectivity index (χ2v) is 4.67. The summed E-state index contributed by atoms with van der Waals surface area (Å²) in [7, 11) is 0. The highest BCUT2D eigenvalue weighted by molar-refractivity contribution is 6.01. The van der Waals surface area contributed by atoms with Gasteiger partial charge in [-0.2, -0.15) is 5.10 Å². The molecule has 1 aromatic rings. The zero-order valence-corrected chi connectivity index (χ0v) is 11.2. The van der Waals surface area contributed by atoms with Gasteiger partial charge in [0.15, 0.2) is 0 Å². The smallest absolute Gasteiger partial charge is 0.324 e. The molecule has 3 amide bonds. The molecule has 2 atom stereocenters. The van der Waals surface area contributed by atoms with E-state index in [0.717, 1.165) is 0 Å². The first-order valence-corrected chi connectivity index (χ1v) is 6.40. The van der Waals surface area contributed by atoms with Crippen LogP contribution >= 0.6 is 0 Å². The van der Waals surface area contributed by atoms with Crippen molar-refractivity contribution in [2.45, 2.75) is 25.9 Å². The van der Waals surface area contributed by atoms with Crippen LogP contribution in [0.5, 0.6) is 0 Å². The Hall–Kier alpha value is -1.89. The maximum Gasteiger partial charge on any atom is 0.324 e. The molecule has 0 aromatic carbocycles. The number of carbonyl (C=O) groups is 2. The van der Waals surface area contributed by atoms with Crippen LogP contribution in [0.1, 0.15) is 19.9 Å². The molecule has 7 heteroatoms. The quantitative estimate of drug-likeness (QED) is 0.708. The van der Waals surface area contributed by atoms with Gasteiger partial charge in [-0.15, -0.1) is 0 Å². The molecule has 104 valence electrons. The van der Waals surface area contributed by atoms with Gasteiger partial charge >= 0.3 is 6.03 Å². The van der Waals surface area contributed by atoms with E-state index in [1.807, 2.05) is 16.9 Å². The second-order valence-electron chi connectivity index (χ2n) is 4.67. The van der Waals surface area contributed by atoms with E-state index in [2.05, 4.69) is 29.6 Å². The first-order chi connectivity index (χ1) is 9.09. The Labute approximate surface area is 111 Å². The maximum absolute atomic E-state index is 11.4. The number of nitrogens with one attached hydrogen (secondary N) is 2. The molecule has 1 aliphatic rings. The molecule has 19 heavy (non-hydrogen) atoms. The minimum absolute atomic E-state index is 0.109. The molecule has 0 spiro atoms. The minimum atomic E-state index is -0.306. The van der Waals surface area contributed by atoms with E-state index >= 15 is 0 Å². The average Bonchev–Trinajstić information content (AvgIpc) is 3.02. The third-order valence-electron chi connectivity index (χ3n) is 3.40. The predicted molar refractivity (Wildman–Crippen MR) is 69.5 cm³/mol. The van der Waals surface area contributed by atoms with E-state index in [9.17, 15) is 9.59 Å². The Bertz CT molecular complexity index is 429. The van der Waals surface area contributed by atoms with Crippen LogP contribution in [0.15, 0.2) is 18.5 Å². The SMILES string of the molecule is C[C@@H](NCCN1C(=O)CNC1=O)[C@H](C)n1cccn1. The Kier molecular flexibility index (Phi) is 4.16. The van der Waals surface area contributed by atoms with Crippen LogP contribution in [0.25, 0.3) is 0 Å². The van der Waals surface area contributed by atoms with Gasteiger partial charge in [0, 0.05) is 31.5 Å². The van der Waals surface area contributed by atoms with Crippen LogP contribution in [0.2, 0.25) is 0 Å². The zero-order valence-electron chi connectivity index (χ0n) is 11.2. The summed E-state index contributed by atoms with van der Waals surface area (Å²) in [6.45, 7) is 5.20. The van der Waals surface area contributed by atoms with Gasteiger partial charge in [0.25, 0.3) is 0 Å². The monoisotopic (exact) mass is 265 g/mol. The number of nitrogens with zero attached hydrogens (tertiary/aromatic N) is 3. The van der Waals surface area contributed by atoms with Crippen LogP contribution in [0.4, 0.5) is 4.79 Å². The van der Waals surface area contributed by atoms with Crippen molar-refractivity contribution in [1.82, 2.24) is 25.3 Å². The Morgan fingerprint density at radius 2 is 2.26 bits per heavy atom. The summed E-state index contributed by atoms with van der Waals surface area (Å²) >= 11 is 0. The highest BCUT2D eigenvalue weighted by Crippen LogP contribution is 2.08. The number of aromatic nitrogens is 2. The van der Waals surface area contributed by atoms with Gasteiger partial charge in [-0.3, -0.25) is 14.4 Å². The van der Waals surface area contributed by atoms with Gasteiger partial charge in [0.1, 0.15) is 0 Å². The van der Waals surface area contributed by atoms with Crippen LogP contribution in [0.3, 0.4) is 0 Å². The standard InChI is InChI=1S/C12H19N5O2/c1-9(10(2)17-6-3-4-15-17)13-5-7-16-11(18)8-14-12(16)19/h3-4,6,9-10,13H,5,7-8H2,1-2H3,(H,14,19)/t9-,10+/m1/s1. The minimum Gasteiger partial charge on any atom is -0.329 e. The van der Waals surface area contributed by atoms with E-state index in [0.29, 0.717) is 13.1 Å². The molecule has 1 aliphatic heterocycles. The van der Waals surface area contributed by atoms with Gasteiger partial charge < -0.3 is 10.6 Å². The molecule has 0 unspecified atom stereocenters. The Morgan fingerprint density at radius 3 is 2.84 bits per heavy atom. The Balaban J connectivity index is 1.76. The summed E-state index contributed by atoms with van der Waals surface area (Å²) in [4.78, 5) is 23.9. The van der Waals surface area contributed by atoms with E-state index in [1.165, 1.54) is 4.90 Å². The van der Waals surface area contributed by atoms with Gasteiger partial charge in [-0.05, 0) is 19.9 Å². The molecule has 0 radical (unpaired) electrons. The molecule has 0 bridgehead atoms. The van der Waals surface area contributed by atoms with Crippen molar-refractivity contribution < 1.29 is 9.59 Å². The topological polar surface area (TPSA) is 79.3 Å². The van der Waals surface area contributed by atoms with Gasteiger partial charge in [0.2, 0.25) is 5.91 Å². The molecular formula is C12H19N5O2. The molecule has 2 heterocycles. The number of hydrogen-bond donors (Lipinski definition) is 2. The summed E-state index contributed by atoms with van der Waals surface area (Å²) in [5, 5.41) is 10.00. The number of rotatable bonds is 6. The van der Waals surface area contributed by atoms with Crippen molar-refractivity contribution in [3.63, 3.8) is 0 Å². The number of imide groups is 1. The molecule has 1 saturated heterocycles. The van der Waals surface area contributed by atoms with Gasteiger partial charge in [-0.25, -0.2) is 4.79 Å². The van der Waals surface area contributed by atoms with Crippen LogP contribution in [-0.4, -0.2) is 52.3 Å². The molecule has 0 saturated carbocycles. The van der Waals surface area contributed by atoms with Crippen LogP contribution < -0.4 is 10.6 Å². The first-order valence-electron chi connectivity index (χ1n) is 6.40. The van der Waals surface area contributed by atoms with Crippen molar-refractivity contribution in [1.29, 1.82) is 0 Å². The molecule has 0 aliphatic carbocycles. The zero-order chi connectivity index (χ0) is 13.8. The molecular weight excluding hydrogens is 246 g/mol. The van der Waals surface area contributed by atoms with Gasteiger partial charge in [-0.1, -0.05) is 0 Å². The first kappa shape index (κ1) is 13.5. The lowest BCUT2D eigenvalue weighted by atomic mass is 10.2. The number of amides is 3. The third-order valence-corrected chi connectivity index (χ3v) is 3.40. The van der Waals surface area contributed by atoms with Crippen molar-refractivity contribution in [2.75, 3.05) is 19.6 Å². The largest absolute Gasteiger partial charge is 0.329 e.